The van der Waals surface area contributed by atoms with E-state index in [1.165, 1.54) is 22.2 Å². The number of ether oxygens (including phenoxy) is 1. The molecule has 3 saturated heterocycles. The molecule has 4 aliphatic heterocycles. The minimum Gasteiger partial charge on any atom is -0.497 e. The molecule has 4 aliphatic rings. The average molecular weight is 340 g/mol. The van der Waals surface area contributed by atoms with Crippen LogP contribution >= 0.6 is 0 Å². The summed E-state index contributed by atoms with van der Waals surface area (Å²) in [6, 6.07) is 7.03. The van der Waals surface area contributed by atoms with Crippen molar-refractivity contribution in [3.05, 3.63) is 41.1 Å². The van der Waals surface area contributed by atoms with Gasteiger partial charge < -0.3 is 19.9 Å². The Kier molecular flexibility index (Phi) is 3.45. The van der Waals surface area contributed by atoms with Crippen LogP contribution in [0.4, 0.5) is 0 Å². The molecule has 5 nitrogen and oxygen atoms in total. The van der Waals surface area contributed by atoms with E-state index in [0.29, 0.717) is 18.0 Å². The highest BCUT2D eigenvalue weighted by molar-refractivity contribution is 5.86. The molecule has 0 spiro atoms. The van der Waals surface area contributed by atoms with E-state index in [1.807, 2.05) is 12.1 Å². The molecule has 0 aliphatic carbocycles. The van der Waals surface area contributed by atoms with E-state index in [-0.39, 0.29) is 19.1 Å². The van der Waals surface area contributed by atoms with Crippen molar-refractivity contribution in [2.45, 2.75) is 24.9 Å². The van der Waals surface area contributed by atoms with Crippen LogP contribution in [0.5, 0.6) is 5.75 Å². The largest absolute Gasteiger partial charge is 0.497 e. The van der Waals surface area contributed by atoms with Crippen LogP contribution < -0.4 is 4.74 Å². The summed E-state index contributed by atoms with van der Waals surface area (Å²) in [7, 11) is 1.70. The molecule has 6 rings (SSSR count). The molecule has 5 heterocycles. The smallest absolute Gasteiger partial charge is 0.120 e. The summed E-state index contributed by atoms with van der Waals surface area (Å²) in [6.07, 6.45) is 3.95. The fourth-order valence-corrected chi connectivity index (χ4v) is 5.51. The number of aliphatic hydroxyl groups is 2. The lowest BCUT2D eigenvalue weighted by atomic mass is 9.64. The first-order valence-electron chi connectivity index (χ1n) is 9.10. The minimum atomic E-state index is 0.0879. The number of hydrogen-bond donors (Lipinski definition) is 3. The van der Waals surface area contributed by atoms with E-state index >= 15 is 0 Å². The first-order chi connectivity index (χ1) is 12.2. The molecule has 4 bridgehead atoms. The van der Waals surface area contributed by atoms with Crippen molar-refractivity contribution in [2.24, 2.45) is 11.8 Å². The van der Waals surface area contributed by atoms with Gasteiger partial charge in [0.05, 0.1) is 19.8 Å². The normalized spacial score (nSPS) is 34.5. The monoisotopic (exact) mass is 340 g/mol. The van der Waals surface area contributed by atoms with Gasteiger partial charge in [0.2, 0.25) is 0 Å². The third-order valence-electron chi connectivity index (χ3n) is 6.61. The highest BCUT2D eigenvalue weighted by Gasteiger charge is 2.52. The summed E-state index contributed by atoms with van der Waals surface area (Å²) in [5.41, 5.74) is 5.19. The number of rotatable bonds is 3. The molecule has 0 saturated carbocycles. The van der Waals surface area contributed by atoms with E-state index in [0.717, 1.165) is 30.7 Å². The molecular formula is C20H24N2O3. The van der Waals surface area contributed by atoms with Crippen LogP contribution in [0.15, 0.2) is 29.8 Å². The first kappa shape index (κ1) is 15.4. The Labute approximate surface area is 146 Å². The molecule has 5 heteroatoms. The maximum atomic E-state index is 10.1. The number of hydrogen-bond acceptors (Lipinski definition) is 4. The molecule has 0 radical (unpaired) electrons. The van der Waals surface area contributed by atoms with Gasteiger partial charge in [-0.25, -0.2) is 0 Å². The molecule has 2 aromatic rings. The highest BCUT2D eigenvalue weighted by atomic mass is 16.5. The quantitative estimate of drug-likeness (QED) is 0.748. The second kappa shape index (κ2) is 5.59. The maximum absolute atomic E-state index is 10.1. The second-order valence-corrected chi connectivity index (χ2v) is 7.54. The van der Waals surface area contributed by atoms with E-state index in [9.17, 15) is 10.2 Å². The van der Waals surface area contributed by atoms with Gasteiger partial charge in [-0.15, -0.1) is 0 Å². The van der Waals surface area contributed by atoms with Crippen molar-refractivity contribution in [3.63, 3.8) is 0 Å². The van der Waals surface area contributed by atoms with Crippen molar-refractivity contribution < 1.29 is 14.9 Å². The van der Waals surface area contributed by atoms with Gasteiger partial charge in [0.25, 0.3) is 0 Å². The lowest BCUT2D eigenvalue weighted by Gasteiger charge is -2.58. The van der Waals surface area contributed by atoms with Crippen molar-refractivity contribution in [1.29, 1.82) is 0 Å². The Bertz CT molecular complexity index is 856. The van der Waals surface area contributed by atoms with Crippen molar-refractivity contribution in [2.75, 3.05) is 26.9 Å². The zero-order valence-corrected chi connectivity index (χ0v) is 14.4. The zero-order valence-electron chi connectivity index (χ0n) is 14.4. The summed E-state index contributed by atoms with van der Waals surface area (Å²) < 4.78 is 5.37. The van der Waals surface area contributed by atoms with Crippen molar-refractivity contribution in [3.8, 4) is 5.75 Å². The highest BCUT2D eigenvalue weighted by Crippen LogP contribution is 2.54. The fourth-order valence-electron chi connectivity index (χ4n) is 5.51. The van der Waals surface area contributed by atoms with Gasteiger partial charge in [0.15, 0.2) is 0 Å². The van der Waals surface area contributed by atoms with Crippen LogP contribution in [-0.4, -0.2) is 53.0 Å². The third kappa shape index (κ3) is 2.06. The number of fused-ring (bicyclic) bond motifs is 4. The van der Waals surface area contributed by atoms with Crippen molar-refractivity contribution in [1.82, 2.24) is 9.88 Å². The number of H-pyrrole nitrogens is 1. The number of piperidine rings is 3. The molecule has 1 aromatic heterocycles. The topological polar surface area (TPSA) is 68.7 Å². The fraction of sp³-hybridized carbons (Fsp3) is 0.500. The number of aromatic amines is 1. The molecule has 3 fully saturated rings. The standard InChI is InChI=1S/C20H24N2O3/c1-25-12-2-3-13-15-8-18-16(10-24)14-7-19(20(15)21-17(13)6-12)22(18)9-11(14)4-5-23/h2-4,6,14,16,18-19,21,23-24H,5,7-10H2,1H3/b11-4-/t14-,16-,18-,19-/m0/s1. The predicted octanol–water partition coefficient (Wildman–Crippen LogP) is 2.01. The summed E-state index contributed by atoms with van der Waals surface area (Å²) in [4.78, 5) is 6.20. The SMILES string of the molecule is COc1ccc2c3c([nH]c2c1)[C@@H]1C[C@H]2/C(=C\CO)CN1[C@@H](C3)[C@H]2CO. The average Bonchev–Trinajstić information content (AvgIpc) is 3.00. The predicted molar refractivity (Wildman–Crippen MR) is 95.6 cm³/mol. The molecule has 132 valence electrons. The molecule has 5 atom stereocenters. The van der Waals surface area contributed by atoms with Gasteiger partial charge in [-0.1, -0.05) is 11.6 Å². The van der Waals surface area contributed by atoms with Gasteiger partial charge >= 0.3 is 0 Å². The van der Waals surface area contributed by atoms with Gasteiger partial charge in [0.1, 0.15) is 5.75 Å². The lowest BCUT2D eigenvalue weighted by molar-refractivity contribution is -0.0505. The summed E-state index contributed by atoms with van der Waals surface area (Å²) >= 11 is 0. The molecule has 0 amide bonds. The molecule has 1 unspecified atom stereocenters. The van der Waals surface area contributed by atoms with Crippen LogP contribution in [0.25, 0.3) is 10.9 Å². The molecule has 3 N–H and O–H groups in total. The summed E-state index contributed by atoms with van der Waals surface area (Å²) in [6.45, 7) is 1.21. The summed E-state index contributed by atoms with van der Waals surface area (Å²) in [5.74, 6) is 1.52. The Morgan fingerprint density at radius 3 is 3.00 bits per heavy atom. The lowest BCUT2D eigenvalue weighted by Crippen LogP contribution is -2.60. The van der Waals surface area contributed by atoms with Crippen molar-refractivity contribution >= 4 is 10.9 Å². The number of aromatic nitrogens is 1. The van der Waals surface area contributed by atoms with Crippen LogP contribution in [-0.2, 0) is 6.42 Å². The summed E-state index contributed by atoms with van der Waals surface area (Å²) in [5, 5.41) is 20.7. The number of benzene rings is 1. The van der Waals surface area contributed by atoms with Gasteiger partial charge in [-0.3, -0.25) is 4.90 Å². The maximum Gasteiger partial charge on any atom is 0.120 e. The molecule has 25 heavy (non-hydrogen) atoms. The van der Waals surface area contributed by atoms with E-state index in [2.05, 4.69) is 22.0 Å². The Balaban J connectivity index is 1.62. The first-order valence-corrected chi connectivity index (χ1v) is 9.10. The second-order valence-electron chi connectivity index (χ2n) is 7.54. The molecular weight excluding hydrogens is 316 g/mol. The van der Waals surface area contributed by atoms with Crippen LogP contribution in [0, 0.1) is 11.8 Å². The van der Waals surface area contributed by atoms with E-state index in [1.54, 1.807) is 7.11 Å². The Hall–Kier alpha value is -1.82. The van der Waals surface area contributed by atoms with Gasteiger partial charge in [0, 0.05) is 47.8 Å². The zero-order chi connectivity index (χ0) is 17.1. The Morgan fingerprint density at radius 1 is 1.36 bits per heavy atom. The third-order valence-corrected chi connectivity index (χ3v) is 6.61. The Morgan fingerprint density at radius 2 is 2.24 bits per heavy atom. The van der Waals surface area contributed by atoms with Crippen LogP contribution in [0.1, 0.15) is 23.7 Å². The van der Waals surface area contributed by atoms with Gasteiger partial charge in [-0.2, -0.15) is 0 Å². The number of aliphatic hydroxyl groups excluding tert-OH is 2. The van der Waals surface area contributed by atoms with E-state index in [4.69, 9.17) is 4.74 Å². The van der Waals surface area contributed by atoms with E-state index < -0.39 is 0 Å². The number of nitrogens with zero attached hydrogens (tertiary/aromatic N) is 1. The number of nitrogens with one attached hydrogen (secondary N) is 1. The van der Waals surface area contributed by atoms with Gasteiger partial charge in [-0.05, 0) is 36.5 Å². The molecule has 1 aromatic carbocycles. The minimum absolute atomic E-state index is 0.0879. The number of methoxy groups -OCH3 is 1. The van der Waals surface area contributed by atoms with Crippen LogP contribution in [0.3, 0.4) is 0 Å². The van der Waals surface area contributed by atoms with Crippen LogP contribution in [0.2, 0.25) is 0 Å².